The van der Waals surface area contributed by atoms with Crippen molar-refractivity contribution in [1.29, 1.82) is 0 Å². The van der Waals surface area contributed by atoms with Crippen LogP contribution in [0.2, 0.25) is 0 Å². The third kappa shape index (κ3) is 2.98. The van der Waals surface area contributed by atoms with Crippen LogP contribution in [-0.4, -0.2) is 15.2 Å². The summed E-state index contributed by atoms with van der Waals surface area (Å²) in [6, 6.07) is -0.0381. The minimum atomic E-state index is -0.295. The number of rotatable bonds is 3. The molecule has 0 aliphatic rings. The second-order valence-electron chi connectivity index (χ2n) is 4.14. The number of hydrogen-bond acceptors (Lipinski definition) is 3. The molecule has 0 fully saturated rings. The zero-order chi connectivity index (χ0) is 12.5. The summed E-state index contributed by atoms with van der Waals surface area (Å²) in [4.78, 5) is 23.5. The molecule has 1 heterocycles. The van der Waals surface area contributed by atoms with Crippen LogP contribution in [0.3, 0.4) is 0 Å². The first-order valence-electron chi connectivity index (χ1n) is 5.41. The molecule has 17 heavy (non-hydrogen) atoms. The van der Waals surface area contributed by atoms with Crippen molar-refractivity contribution in [3.63, 3.8) is 0 Å². The third-order valence-electron chi connectivity index (χ3n) is 3.07. The van der Waals surface area contributed by atoms with Crippen LogP contribution in [0.15, 0.2) is 9.59 Å². The molecule has 1 atom stereocenters. The molecule has 0 aromatic carbocycles. The highest BCUT2D eigenvalue weighted by molar-refractivity contribution is 5.85. The minimum Gasteiger partial charge on any atom is -0.327 e. The summed E-state index contributed by atoms with van der Waals surface area (Å²) in [5.41, 5.74) is 6.66. The van der Waals surface area contributed by atoms with Crippen LogP contribution in [0.5, 0.6) is 0 Å². The van der Waals surface area contributed by atoms with Crippen molar-refractivity contribution in [1.82, 2.24) is 9.13 Å². The molecular weight excluding hydrogens is 242 g/mol. The molecule has 0 saturated carbocycles. The van der Waals surface area contributed by atoms with Crippen LogP contribution < -0.4 is 17.0 Å². The van der Waals surface area contributed by atoms with Crippen molar-refractivity contribution in [2.24, 2.45) is 19.8 Å². The molecule has 0 aliphatic heterocycles. The highest BCUT2D eigenvalue weighted by Crippen LogP contribution is 2.03. The lowest BCUT2D eigenvalue weighted by Crippen LogP contribution is -2.41. The third-order valence-corrected chi connectivity index (χ3v) is 3.07. The second kappa shape index (κ2) is 6.02. The zero-order valence-corrected chi connectivity index (χ0v) is 11.5. The van der Waals surface area contributed by atoms with Gasteiger partial charge >= 0.3 is 5.69 Å². The molecule has 0 aliphatic carbocycles. The smallest absolute Gasteiger partial charge is 0.327 e. The van der Waals surface area contributed by atoms with E-state index in [1.807, 2.05) is 6.92 Å². The van der Waals surface area contributed by atoms with Crippen LogP contribution in [0, 0.1) is 6.92 Å². The average Bonchev–Trinajstić information content (AvgIpc) is 2.29. The molecule has 0 amide bonds. The van der Waals surface area contributed by atoms with Gasteiger partial charge in [0.2, 0.25) is 0 Å². The summed E-state index contributed by atoms with van der Waals surface area (Å²) in [5, 5.41) is 0. The molecule has 98 valence electrons. The van der Waals surface area contributed by atoms with E-state index in [2.05, 4.69) is 0 Å². The van der Waals surface area contributed by atoms with Gasteiger partial charge in [-0.15, -0.1) is 12.4 Å². The van der Waals surface area contributed by atoms with E-state index in [9.17, 15) is 9.59 Å². The van der Waals surface area contributed by atoms with Crippen molar-refractivity contribution < 1.29 is 0 Å². The standard InChI is InChI=1S/C11H19N3O2.ClH/c1-5-8(12)6-9-7(2)13(3)11(16)14(4)10(9)15;/h8H,5-6,12H2,1-4H3;1H. The second-order valence-corrected chi connectivity index (χ2v) is 4.14. The fourth-order valence-corrected chi connectivity index (χ4v) is 1.66. The van der Waals surface area contributed by atoms with Crippen LogP contribution in [0.1, 0.15) is 24.6 Å². The average molecular weight is 262 g/mol. The normalized spacial score (nSPS) is 12.1. The Morgan fingerprint density at radius 3 is 2.24 bits per heavy atom. The lowest BCUT2D eigenvalue weighted by atomic mass is 10.0. The Balaban J connectivity index is 0.00000256. The lowest BCUT2D eigenvalue weighted by Gasteiger charge is -2.14. The number of halogens is 1. The largest absolute Gasteiger partial charge is 0.330 e. The molecule has 1 aromatic heterocycles. The summed E-state index contributed by atoms with van der Waals surface area (Å²) in [7, 11) is 3.16. The quantitative estimate of drug-likeness (QED) is 0.839. The predicted molar refractivity (Wildman–Crippen MR) is 70.9 cm³/mol. The summed E-state index contributed by atoms with van der Waals surface area (Å²) < 4.78 is 2.61. The highest BCUT2D eigenvalue weighted by atomic mass is 35.5. The summed E-state index contributed by atoms with van der Waals surface area (Å²) in [6.45, 7) is 3.76. The molecule has 0 radical (unpaired) electrons. The summed E-state index contributed by atoms with van der Waals surface area (Å²) >= 11 is 0. The Bertz CT molecular complexity index is 505. The van der Waals surface area contributed by atoms with Crippen LogP contribution in [0.25, 0.3) is 0 Å². The molecule has 0 bridgehead atoms. The Labute approximate surface area is 107 Å². The first-order chi connectivity index (χ1) is 7.40. The Hall–Kier alpha value is -1.07. The Morgan fingerprint density at radius 2 is 1.76 bits per heavy atom. The van der Waals surface area contributed by atoms with Crippen molar-refractivity contribution >= 4 is 12.4 Å². The van der Waals surface area contributed by atoms with E-state index >= 15 is 0 Å². The SMILES string of the molecule is CCC(N)Cc1c(C)n(C)c(=O)n(C)c1=O.Cl. The Morgan fingerprint density at radius 1 is 1.24 bits per heavy atom. The van der Waals surface area contributed by atoms with Gasteiger partial charge in [0, 0.05) is 31.4 Å². The van der Waals surface area contributed by atoms with Crippen molar-refractivity contribution in [3.8, 4) is 0 Å². The van der Waals surface area contributed by atoms with Crippen LogP contribution in [0.4, 0.5) is 0 Å². The molecule has 1 rings (SSSR count). The van der Waals surface area contributed by atoms with Crippen molar-refractivity contribution in [2.75, 3.05) is 0 Å². The predicted octanol–water partition coefficient (Wildman–Crippen LogP) is 0.0940. The summed E-state index contributed by atoms with van der Waals surface area (Å²) in [6.07, 6.45) is 1.33. The molecular formula is C11H20ClN3O2. The van der Waals surface area contributed by atoms with Gasteiger partial charge in [-0.05, 0) is 19.8 Å². The fourth-order valence-electron chi connectivity index (χ4n) is 1.66. The molecule has 1 aromatic rings. The van der Waals surface area contributed by atoms with E-state index in [1.54, 1.807) is 14.0 Å². The van der Waals surface area contributed by atoms with E-state index in [0.717, 1.165) is 11.0 Å². The Kier molecular flexibility index (Phi) is 5.64. The first-order valence-corrected chi connectivity index (χ1v) is 5.41. The van der Waals surface area contributed by atoms with Gasteiger partial charge in [0.15, 0.2) is 0 Å². The first kappa shape index (κ1) is 15.9. The fraction of sp³-hybridized carbons (Fsp3) is 0.636. The van der Waals surface area contributed by atoms with Crippen molar-refractivity contribution in [2.45, 2.75) is 32.7 Å². The minimum absolute atomic E-state index is 0. The van der Waals surface area contributed by atoms with E-state index in [4.69, 9.17) is 5.73 Å². The van der Waals surface area contributed by atoms with Crippen molar-refractivity contribution in [3.05, 3.63) is 32.1 Å². The van der Waals surface area contributed by atoms with E-state index in [0.29, 0.717) is 17.7 Å². The maximum Gasteiger partial charge on any atom is 0.330 e. The molecule has 5 nitrogen and oxygen atoms in total. The van der Waals surface area contributed by atoms with E-state index < -0.39 is 0 Å². The molecule has 1 unspecified atom stereocenters. The topological polar surface area (TPSA) is 70.0 Å². The van der Waals surface area contributed by atoms with Crippen LogP contribution >= 0.6 is 12.4 Å². The molecule has 2 N–H and O–H groups in total. The van der Waals surface area contributed by atoms with Gasteiger partial charge in [0.05, 0.1) is 0 Å². The molecule has 0 spiro atoms. The van der Waals surface area contributed by atoms with Gasteiger partial charge in [-0.3, -0.25) is 9.36 Å². The van der Waals surface area contributed by atoms with Gasteiger partial charge in [-0.2, -0.15) is 0 Å². The number of nitrogens with zero attached hydrogens (tertiary/aromatic N) is 2. The number of aromatic nitrogens is 2. The maximum absolute atomic E-state index is 11.9. The van der Waals surface area contributed by atoms with Gasteiger partial charge < -0.3 is 10.3 Å². The molecule has 0 saturated heterocycles. The highest BCUT2D eigenvalue weighted by Gasteiger charge is 2.14. The van der Waals surface area contributed by atoms with Crippen LogP contribution in [-0.2, 0) is 20.5 Å². The summed E-state index contributed by atoms with van der Waals surface area (Å²) in [5.74, 6) is 0. The van der Waals surface area contributed by atoms with Gasteiger partial charge in [-0.1, -0.05) is 6.92 Å². The monoisotopic (exact) mass is 261 g/mol. The van der Waals surface area contributed by atoms with Gasteiger partial charge in [0.25, 0.3) is 5.56 Å². The number of hydrogen-bond donors (Lipinski definition) is 1. The zero-order valence-electron chi connectivity index (χ0n) is 10.7. The van der Waals surface area contributed by atoms with Gasteiger partial charge in [0.1, 0.15) is 0 Å². The number of nitrogens with two attached hydrogens (primary N) is 1. The maximum atomic E-state index is 11.9. The van der Waals surface area contributed by atoms with E-state index in [1.165, 1.54) is 11.6 Å². The lowest BCUT2D eigenvalue weighted by molar-refractivity contribution is 0.600. The van der Waals surface area contributed by atoms with E-state index in [-0.39, 0.29) is 29.7 Å². The molecule has 6 heteroatoms. The van der Waals surface area contributed by atoms with Gasteiger partial charge in [-0.25, -0.2) is 4.79 Å².